The molecule has 0 aliphatic rings. The van der Waals surface area contributed by atoms with Gasteiger partial charge in [-0.25, -0.2) is 4.98 Å². The Labute approximate surface area is 214 Å². The smallest absolute Gasteiger partial charge is 0.282 e. The molecule has 1 atom stereocenters. The normalized spacial score (nSPS) is 12.9. The third kappa shape index (κ3) is 6.19. The Hall–Kier alpha value is -2.38. The van der Waals surface area contributed by atoms with Crippen LogP contribution in [0.5, 0.6) is 11.5 Å². The number of hydrogen-bond acceptors (Lipinski definition) is 5. The molecule has 182 valence electrons. The van der Waals surface area contributed by atoms with Crippen molar-refractivity contribution < 1.29 is 9.47 Å². The van der Waals surface area contributed by atoms with Gasteiger partial charge < -0.3 is 9.47 Å². The molecule has 3 aromatic rings. The van der Waals surface area contributed by atoms with Gasteiger partial charge in [0, 0.05) is 10.4 Å². The van der Waals surface area contributed by atoms with Crippen molar-refractivity contribution in [3.05, 3.63) is 61.6 Å². The van der Waals surface area contributed by atoms with Gasteiger partial charge in [0.25, 0.3) is 5.56 Å². The predicted octanol–water partition coefficient (Wildman–Crippen LogP) is 7.03. The van der Waals surface area contributed by atoms with Crippen molar-refractivity contribution in [2.24, 2.45) is 10.5 Å². The highest BCUT2D eigenvalue weighted by molar-refractivity contribution is 9.10. The third-order valence-corrected chi connectivity index (χ3v) is 5.96. The van der Waals surface area contributed by atoms with Gasteiger partial charge in [-0.1, -0.05) is 62.1 Å². The monoisotopic (exact) mass is 547 g/mol. The van der Waals surface area contributed by atoms with E-state index in [1.807, 2.05) is 32.0 Å². The van der Waals surface area contributed by atoms with E-state index >= 15 is 0 Å². The second-order valence-electron chi connectivity index (χ2n) is 9.41. The third-order valence-electron chi connectivity index (χ3n) is 5.19. The van der Waals surface area contributed by atoms with Crippen LogP contribution < -0.4 is 15.0 Å². The van der Waals surface area contributed by atoms with Gasteiger partial charge in [0.1, 0.15) is 5.82 Å². The van der Waals surface area contributed by atoms with Crippen LogP contribution >= 0.6 is 27.5 Å². The highest BCUT2D eigenvalue weighted by Gasteiger charge is 2.18. The molecular weight excluding hydrogens is 518 g/mol. The predicted molar refractivity (Wildman–Crippen MR) is 143 cm³/mol. The van der Waals surface area contributed by atoms with Gasteiger partial charge in [-0.3, -0.25) is 4.79 Å². The minimum absolute atomic E-state index is 0.0292. The zero-order valence-electron chi connectivity index (χ0n) is 20.5. The summed E-state index contributed by atoms with van der Waals surface area (Å²) in [5.41, 5.74) is 1.09. The molecule has 0 aliphatic carbocycles. The second kappa shape index (κ2) is 10.9. The Bertz CT molecular complexity index is 1260. The van der Waals surface area contributed by atoms with E-state index in [1.54, 1.807) is 18.3 Å². The maximum absolute atomic E-state index is 13.3. The van der Waals surface area contributed by atoms with E-state index in [-0.39, 0.29) is 16.9 Å². The van der Waals surface area contributed by atoms with Crippen molar-refractivity contribution in [1.29, 1.82) is 0 Å². The maximum atomic E-state index is 13.3. The van der Waals surface area contributed by atoms with Crippen molar-refractivity contribution in [2.75, 3.05) is 13.2 Å². The van der Waals surface area contributed by atoms with E-state index < -0.39 is 0 Å². The van der Waals surface area contributed by atoms with Crippen LogP contribution in [0.4, 0.5) is 0 Å². The number of halogens is 2. The van der Waals surface area contributed by atoms with Crippen molar-refractivity contribution in [3.8, 4) is 11.5 Å². The first kappa shape index (κ1) is 26.2. The molecule has 0 aliphatic heterocycles. The number of aromatic nitrogens is 2. The average Bonchev–Trinajstić information content (AvgIpc) is 2.77. The van der Waals surface area contributed by atoms with Crippen LogP contribution in [0, 0.1) is 5.41 Å². The van der Waals surface area contributed by atoms with E-state index in [9.17, 15) is 4.79 Å². The van der Waals surface area contributed by atoms with Gasteiger partial charge >= 0.3 is 0 Å². The van der Waals surface area contributed by atoms with Crippen LogP contribution in [0.3, 0.4) is 0 Å². The molecule has 0 amide bonds. The van der Waals surface area contributed by atoms with Crippen LogP contribution in [0.25, 0.3) is 10.9 Å². The van der Waals surface area contributed by atoms with Gasteiger partial charge in [0.05, 0.1) is 35.4 Å². The van der Waals surface area contributed by atoms with E-state index in [2.05, 4.69) is 48.7 Å². The van der Waals surface area contributed by atoms with Crippen LogP contribution in [0.15, 0.2) is 44.7 Å². The molecule has 0 radical (unpaired) electrons. The molecule has 0 saturated heterocycles. The largest absolute Gasteiger partial charge is 0.490 e. The van der Waals surface area contributed by atoms with Crippen LogP contribution in [0.2, 0.25) is 5.02 Å². The van der Waals surface area contributed by atoms with E-state index in [0.29, 0.717) is 52.0 Å². The van der Waals surface area contributed by atoms with Crippen molar-refractivity contribution in [2.45, 2.75) is 53.9 Å². The number of rotatable bonds is 8. The average molecular weight is 549 g/mol. The lowest BCUT2D eigenvalue weighted by atomic mass is 9.99. The highest BCUT2D eigenvalue weighted by Crippen LogP contribution is 2.37. The number of hydrogen-bond donors (Lipinski definition) is 0. The Balaban J connectivity index is 2.08. The summed E-state index contributed by atoms with van der Waals surface area (Å²) in [7, 11) is 0. The SMILES string of the molecule is CCOc1cc(C=Nn2c([C@@H](C)CC)nc3ccc(Br)cc3c2=O)cc(Cl)c1OCC(C)(C)C. The molecule has 2 aromatic carbocycles. The van der Waals surface area contributed by atoms with Crippen molar-refractivity contribution >= 4 is 44.6 Å². The van der Waals surface area contributed by atoms with Crippen molar-refractivity contribution in [1.82, 2.24) is 9.66 Å². The lowest BCUT2D eigenvalue weighted by Gasteiger charge is -2.21. The van der Waals surface area contributed by atoms with Gasteiger partial charge in [-0.2, -0.15) is 9.78 Å². The molecule has 1 heterocycles. The minimum atomic E-state index is -0.223. The fourth-order valence-corrected chi connectivity index (χ4v) is 3.89. The zero-order chi connectivity index (χ0) is 25.0. The summed E-state index contributed by atoms with van der Waals surface area (Å²) in [5, 5.41) is 5.45. The molecule has 1 aromatic heterocycles. The quantitative estimate of drug-likeness (QED) is 0.283. The molecule has 0 saturated carbocycles. The molecule has 0 spiro atoms. The summed E-state index contributed by atoms with van der Waals surface area (Å²) in [6, 6.07) is 9.05. The molecule has 0 N–H and O–H groups in total. The molecule has 0 bridgehead atoms. The zero-order valence-corrected chi connectivity index (χ0v) is 22.8. The van der Waals surface area contributed by atoms with E-state index in [4.69, 9.17) is 26.1 Å². The lowest BCUT2D eigenvalue weighted by Crippen LogP contribution is -2.23. The highest BCUT2D eigenvalue weighted by atomic mass is 79.9. The summed E-state index contributed by atoms with van der Waals surface area (Å²) >= 11 is 9.99. The maximum Gasteiger partial charge on any atom is 0.282 e. The first-order valence-corrected chi connectivity index (χ1v) is 12.6. The first-order chi connectivity index (χ1) is 16.0. The molecule has 6 nitrogen and oxygen atoms in total. The van der Waals surface area contributed by atoms with Crippen LogP contribution in [-0.2, 0) is 0 Å². The van der Waals surface area contributed by atoms with Gasteiger partial charge in [-0.15, -0.1) is 0 Å². The summed E-state index contributed by atoms with van der Waals surface area (Å²) in [6.07, 6.45) is 2.42. The topological polar surface area (TPSA) is 65.7 Å². The Morgan fingerprint density at radius 2 is 1.94 bits per heavy atom. The van der Waals surface area contributed by atoms with Crippen LogP contribution in [-0.4, -0.2) is 29.1 Å². The van der Waals surface area contributed by atoms with Crippen molar-refractivity contribution in [3.63, 3.8) is 0 Å². The lowest BCUT2D eigenvalue weighted by molar-refractivity contribution is 0.189. The summed E-state index contributed by atoms with van der Waals surface area (Å²) in [6.45, 7) is 13.2. The molecule has 3 rings (SSSR count). The van der Waals surface area contributed by atoms with E-state index in [1.165, 1.54) is 4.68 Å². The number of nitrogens with zero attached hydrogens (tertiary/aromatic N) is 3. The minimum Gasteiger partial charge on any atom is -0.490 e. The fraction of sp³-hybridized carbons (Fsp3) is 0.423. The number of ether oxygens (including phenoxy) is 2. The first-order valence-electron chi connectivity index (χ1n) is 11.4. The Morgan fingerprint density at radius 3 is 2.59 bits per heavy atom. The second-order valence-corrected chi connectivity index (χ2v) is 10.7. The summed E-state index contributed by atoms with van der Waals surface area (Å²) in [4.78, 5) is 18.1. The van der Waals surface area contributed by atoms with Gasteiger partial charge in [0.15, 0.2) is 11.5 Å². The number of fused-ring (bicyclic) bond motifs is 1. The molecule has 8 heteroatoms. The Kier molecular flexibility index (Phi) is 8.42. The summed E-state index contributed by atoms with van der Waals surface area (Å²) < 4.78 is 14.0. The number of benzene rings is 2. The fourth-order valence-electron chi connectivity index (χ4n) is 3.26. The molecule has 0 fully saturated rings. The van der Waals surface area contributed by atoms with Gasteiger partial charge in [-0.05, 0) is 54.7 Å². The van der Waals surface area contributed by atoms with Gasteiger partial charge in [0.2, 0.25) is 0 Å². The van der Waals surface area contributed by atoms with E-state index in [0.717, 1.165) is 10.9 Å². The standard InChI is InChI=1S/C26H31BrClN3O3/c1-7-16(3)24-30-21-10-9-18(27)13-19(21)25(32)31(24)29-14-17-11-20(28)23(22(12-17)33-8-2)34-15-26(4,5)6/h9-14,16H,7-8,15H2,1-6H3/t16-/m0/s1. The summed E-state index contributed by atoms with van der Waals surface area (Å²) in [5.74, 6) is 1.70. The van der Waals surface area contributed by atoms with Crippen LogP contribution in [0.1, 0.15) is 65.3 Å². The molecule has 34 heavy (non-hydrogen) atoms. The molecular formula is C26H31BrClN3O3. The molecule has 0 unspecified atom stereocenters. The Morgan fingerprint density at radius 1 is 1.21 bits per heavy atom.